The summed E-state index contributed by atoms with van der Waals surface area (Å²) in [5, 5.41) is 0. The van der Waals surface area contributed by atoms with Gasteiger partial charge in [0.05, 0.1) is 13.2 Å². The zero-order chi connectivity index (χ0) is 31.5. The van der Waals surface area contributed by atoms with Crippen molar-refractivity contribution < 1.29 is 52.8 Å². The van der Waals surface area contributed by atoms with Gasteiger partial charge in [0.25, 0.3) is 0 Å². The molecule has 0 aromatic carbocycles. The van der Waals surface area contributed by atoms with Crippen LogP contribution in [0.15, 0.2) is 0 Å². The maximum Gasteiger partial charge on any atom is 0.508 e. The first-order valence-electron chi connectivity index (χ1n) is 17.6. The highest BCUT2D eigenvalue weighted by Crippen LogP contribution is 2.63. The fourth-order valence-electron chi connectivity index (χ4n) is 11.3. The molecule has 2 spiro atoms. The summed E-state index contributed by atoms with van der Waals surface area (Å²) in [4.78, 5) is 37.6. The first-order chi connectivity index (χ1) is 21.4. The van der Waals surface area contributed by atoms with Crippen LogP contribution in [0, 0.1) is 47.3 Å². The summed E-state index contributed by atoms with van der Waals surface area (Å²) >= 11 is 0. The number of carbonyl (C=O) groups excluding carboxylic acids is 1. The van der Waals surface area contributed by atoms with E-state index in [0.29, 0.717) is 18.3 Å². The van der Waals surface area contributed by atoms with Gasteiger partial charge in [-0.05, 0) is 87.9 Å². The molecule has 0 N–H and O–H groups in total. The molecule has 17 atom stereocenters. The predicted octanol–water partition coefficient (Wildman–Crippen LogP) is 6.03. The summed E-state index contributed by atoms with van der Waals surface area (Å²) in [6.07, 6.45) is 4.69. The largest absolute Gasteiger partial charge is 0.508 e. The second-order valence-corrected chi connectivity index (χ2v) is 16.2. The van der Waals surface area contributed by atoms with Crippen LogP contribution in [0.2, 0.25) is 0 Å². The maximum absolute atomic E-state index is 12.8. The van der Waals surface area contributed by atoms with E-state index in [1.165, 1.54) is 7.11 Å². The Morgan fingerprint density at radius 2 is 1.24 bits per heavy atom. The van der Waals surface area contributed by atoms with Crippen molar-refractivity contribution in [2.45, 2.75) is 153 Å². The molecule has 4 bridgehead atoms. The second kappa shape index (κ2) is 10.7. The summed E-state index contributed by atoms with van der Waals surface area (Å²) in [5.74, 6) is 0.0852. The first kappa shape index (κ1) is 31.2. The van der Waals surface area contributed by atoms with E-state index in [4.69, 9.17) is 48.0 Å². The van der Waals surface area contributed by atoms with Crippen molar-refractivity contribution in [2.75, 3.05) is 7.11 Å². The van der Waals surface area contributed by atoms with Gasteiger partial charge < -0.3 is 28.4 Å². The lowest BCUT2D eigenvalue weighted by atomic mass is 9.56. The summed E-state index contributed by atoms with van der Waals surface area (Å²) in [5.41, 5.74) is -1.36. The SMILES string of the molecule is COC(=O)O[C@@H](C[C@H]1O[C@@H]2O[C@@]3(C)CC[C@H]4[C@H](C)CC[C@@H]([C@H]1C)[C@@]24OO3)C1O[C@@H]2O[C@@]3(C)CC[C@H]4[C@H](C)CC[C@@H]([C@H]1C)[C@@]24OO3. The molecule has 2 saturated carbocycles. The smallest absolute Gasteiger partial charge is 0.438 e. The molecule has 8 saturated heterocycles. The summed E-state index contributed by atoms with van der Waals surface area (Å²) < 4.78 is 38.2. The Morgan fingerprint density at radius 1 is 0.711 bits per heavy atom. The van der Waals surface area contributed by atoms with Crippen molar-refractivity contribution in [3.8, 4) is 0 Å². The zero-order valence-electron chi connectivity index (χ0n) is 27.9. The molecule has 10 rings (SSSR count). The number of methoxy groups -OCH3 is 1. The molecule has 0 aromatic rings. The van der Waals surface area contributed by atoms with Gasteiger partial charge in [0.15, 0.2) is 23.8 Å². The van der Waals surface area contributed by atoms with Crippen LogP contribution in [0.3, 0.4) is 0 Å². The minimum Gasteiger partial charge on any atom is -0.438 e. The van der Waals surface area contributed by atoms with E-state index >= 15 is 0 Å². The first-order valence-corrected chi connectivity index (χ1v) is 17.6. The lowest BCUT2D eigenvalue weighted by molar-refractivity contribution is -0.573. The van der Waals surface area contributed by atoms with Crippen LogP contribution in [-0.4, -0.2) is 66.9 Å². The fourth-order valence-corrected chi connectivity index (χ4v) is 11.3. The molecule has 1 unspecified atom stereocenters. The summed E-state index contributed by atoms with van der Waals surface area (Å²) in [6.45, 7) is 12.9. The average molecular weight is 637 g/mol. The molecule has 0 aromatic heterocycles. The van der Waals surface area contributed by atoms with Gasteiger partial charge >= 0.3 is 6.16 Å². The Hall–Kier alpha value is -1.05. The van der Waals surface area contributed by atoms with Crippen molar-refractivity contribution in [3.63, 3.8) is 0 Å². The lowest BCUT2D eigenvalue weighted by Gasteiger charge is -2.62. The molecule has 8 aliphatic heterocycles. The van der Waals surface area contributed by atoms with Gasteiger partial charge in [-0.25, -0.2) is 24.3 Å². The number of ether oxygens (including phenoxy) is 6. The Kier molecular flexibility index (Phi) is 7.44. The van der Waals surface area contributed by atoms with E-state index in [2.05, 4.69) is 27.7 Å². The van der Waals surface area contributed by atoms with Crippen molar-refractivity contribution in [3.05, 3.63) is 0 Å². The Morgan fingerprint density at radius 3 is 1.80 bits per heavy atom. The standard InChI is InChI=1S/C34H52O11/c1-17-8-10-23-19(3)25(37-28-33(23)21(17)12-14-31(5,40-28)42-44-33)16-26(38-30(35)36-7)27-20(4)24-11-9-18(2)22-13-15-32(6)41-29(39-27)34(22,24)45-43-32/h17-29H,8-16H2,1-7H3/t17-,18-,19-,20-,21+,22+,23+,24+,25-,26+,27?,28-,29-,31-,32-,33-,34-/m1/s1. The summed E-state index contributed by atoms with van der Waals surface area (Å²) in [7, 11) is 1.34. The molecule has 11 heteroatoms. The van der Waals surface area contributed by atoms with Crippen LogP contribution < -0.4 is 0 Å². The van der Waals surface area contributed by atoms with E-state index in [0.717, 1.165) is 51.4 Å². The molecule has 2 aliphatic carbocycles. The van der Waals surface area contributed by atoms with Crippen LogP contribution in [0.5, 0.6) is 0 Å². The van der Waals surface area contributed by atoms with Crippen LogP contribution in [-0.2, 0) is 48.0 Å². The molecular formula is C34H52O11. The lowest BCUT2D eigenvalue weighted by Crippen LogP contribution is -2.72. The van der Waals surface area contributed by atoms with E-state index in [-0.39, 0.29) is 41.6 Å². The Bertz CT molecular complexity index is 1170. The van der Waals surface area contributed by atoms with Gasteiger partial charge in [0.2, 0.25) is 11.6 Å². The Balaban J connectivity index is 1.11. The van der Waals surface area contributed by atoms with Gasteiger partial charge in [-0.15, -0.1) is 0 Å². The molecule has 8 heterocycles. The van der Waals surface area contributed by atoms with Crippen LogP contribution in [0.25, 0.3) is 0 Å². The molecule has 11 nitrogen and oxygen atoms in total. The number of hydrogen-bond acceptors (Lipinski definition) is 11. The van der Waals surface area contributed by atoms with Gasteiger partial charge in [0.1, 0.15) is 12.2 Å². The molecule has 254 valence electrons. The number of carbonyl (C=O) groups is 1. The van der Waals surface area contributed by atoms with Crippen LogP contribution in [0.1, 0.15) is 99.3 Å². The van der Waals surface area contributed by atoms with Gasteiger partial charge in [-0.1, -0.05) is 27.7 Å². The van der Waals surface area contributed by atoms with E-state index in [9.17, 15) is 4.79 Å². The highest BCUT2D eigenvalue weighted by atomic mass is 17.3. The fraction of sp³-hybridized carbons (Fsp3) is 0.971. The van der Waals surface area contributed by atoms with Gasteiger partial charge in [-0.3, -0.25) is 0 Å². The van der Waals surface area contributed by atoms with Crippen molar-refractivity contribution in [1.29, 1.82) is 0 Å². The van der Waals surface area contributed by atoms with Crippen LogP contribution in [0.4, 0.5) is 4.79 Å². The number of rotatable bonds is 4. The highest BCUT2D eigenvalue weighted by Gasteiger charge is 2.72. The molecular weight excluding hydrogens is 584 g/mol. The normalized spacial score (nSPS) is 57.1. The minimum absolute atomic E-state index is 0.00787. The average Bonchev–Trinajstić information content (AvgIpc) is 3.38. The third-order valence-electron chi connectivity index (χ3n) is 13.7. The quantitative estimate of drug-likeness (QED) is 0.267. The number of hydrogen-bond donors (Lipinski definition) is 0. The van der Waals surface area contributed by atoms with E-state index < -0.39 is 53.7 Å². The van der Waals surface area contributed by atoms with Crippen molar-refractivity contribution >= 4 is 6.16 Å². The molecule has 45 heavy (non-hydrogen) atoms. The van der Waals surface area contributed by atoms with E-state index in [1.54, 1.807) is 0 Å². The molecule has 10 aliphatic rings. The maximum atomic E-state index is 12.8. The van der Waals surface area contributed by atoms with E-state index in [1.807, 2.05) is 13.8 Å². The molecule has 0 radical (unpaired) electrons. The molecule has 10 fully saturated rings. The minimum atomic E-state index is -0.889. The Labute approximate surface area is 266 Å². The number of fused-ring (bicyclic) bond motifs is 4. The van der Waals surface area contributed by atoms with Crippen LogP contribution >= 0.6 is 0 Å². The van der Waals surface area contributed by atoms with Gasteiger partial charge in [-0.2, -0.15) is 0 Å². The zero-order valence-corrected chi connectivity index (χ0v) is 27.9. The van der Waals surface area contributed by atoms with Gasteiger partial charge in [0, 0.05) is 31.1 Å². The monoisotopic (exact) mass is 636 g/mol. The topological polar surface area (TPSA) is 109 Å². The van der Waals surface area contributed by atoms with Crippen molar-refractivity contribution in [2.24, 2.45) is 47.3 Å². The third-order valence-corrected chi connectivity index (χ3v) is 13.7. The molecule has 0 amide bonds. The summed E-state index contributed by atoms with van der Waals surface area (Å²) in [6, 6.07) is 0. The second-order valence-electron chi connectivity index (χ2n) is 16.2. The van der Waals surface area contributed by atoms with Crippen molar-refractivity contribution in [1.82, 2.24) is 0 Å². The third kappa shape index (κ3) is 4.47. The predicted molar refractivity (Wildman–Crippen MR) is 156 cm³/mol. The highest BCUT2D eigenvalue weighted by molar-refractivity contribution is 5.59.